The van der Waals surface area contributed by atoms with E-state index in [1.165, 1.54) is 6.07 Å². The summed E-state index contributed by atoms with van der Waals surface area (Å²) in [6.45, 7) is 0.547. The maximum atomic E-state index is 13.7. The number of hydrogen-bond donors (Lipinski definition) is 1. The van der Waals surface area contributed by atoms with Gasteiger partial charge in [0.15, 0.2) is 0 Å². The molecule has 0 unspecified atom stereocenters. The number of benzene rings is 2. The third-order valence-electron chi connectivity index (χ3n) is 3.38. The molecule has 3 nitrogen and oxygen atoms in total. The minimum Gasteiger partial charge on any atom is -0.489 e. The van der Waals surface area contributed by atoms with Crippen molar-refractivity contribution in [3.05, 3.63) is 71.7 Å². The second-order valence-corrected chi connectivity index (χ2v) is 4.73. The van der Waals surface area contributed by atoms with E-state index >= 15 is 0 Å². The monoisotopic (exact) mass is 282 g/mol. The summed E-state index contributed by atoms with van der Waals surface area (Å²) in [5, 5.41) is 1.04. The van der Waals surface area contributed by atoms with Crippen LogP contribution in [0.25, 0.3) is 10.9 Å². The van der Waals surface area contributed by atoms with Crippen molar-refractivity contribution < 1.29 is 9.13 Å². The molecule has 0 amide bonds. The fraction of sp³-hybridized carbons (Fsp3) is 0.118. The SMILES string of the molecule is NCc1ccc(OCc2ccnc3ccccc23)cc1F. The molecule has 2 N–H and O–H groups in total. The number of aromatic nitrogens is 1. The van der Waals surface area contributed by atoms with E-state index in [-0.39, 0.29) is 12.4 Å². The second-order valence-electron chi connectivity index (χ2n) is 4.73. The minimum absolute atomic E-state index is 0.182. The van der Waals surface area contributed by atoms with Gasteiger partial charge in [-0.2, -0.15) is 0 Å². The van der Waals surface area contributed by atoms with Gasteiger partial charge in [0.25, 0.3) is 0 Å². The summed E-state index contributed by atoms with van der Waals surface area (Å²) in [5.74, 6) is 0.153. The molecule has 2 aromatic carbocycles. The molecule has 0 aliphatic rings. The molecule has 0 aliphatic heterocycles. The molecule has 1 aromatic heterocycles. The normalized spacial score (nSPS) is 10.8. The number of pyridine rings is 1. The van der Waals surface area contributed by atoms with Crippen molar-refractivity contribution >= 4 is 10.9 Å². The molecule has 21 heavy (non-hydrogen) atoms. The second kappa shape index (κ2) is 5.89. The Labute approximate surface area is 122 Å². The molecule has 0 atom stereocenters. The number of nitrogens with two attached hydrogens (primary N) is 1. The Hall–Kier alpha value is -2.46. The molecule has 0 bridgehead atoms. The van der Waals surface area contributed by atoms with Gasteiger partial charge in [0.1, 0.15) is 18.2 Å². The van der Waals surface area contributed by atoms with Crippen LogP contribution in [0.2, 0.25) is 0 Å². The Morgan fingerprint density at radius 2 is 1.90 bits per heavy atom. The van der Waals surface area contributed by atoms with Crippen LogP contribution in [0.15, 0.2) is 54.7 Å². The zero-order chi connectivity index (χ0) is 14.7. The first-order valence-electron chi connectivity index (χ1n) is 6.72. The van der Waals surface area contributed by atoms with E-state index in [1.54, 1.807) is 18.3 Å². The lowest BCUT2D eigenvalue weighted by Gasteiger charge is -2.09. The van der Waals surface area contributed by atoms with Crippen molar-refractivity contribution in [3.8, 4) is 5.75 Å². The van der Waals surface area contributed by atoms with Gasteiger partial charge in [0.2, 0.25) is 0 Å². The summed E-state index contributed by atoms with van der Waals surface area (Å²) in [4.78, 5) is 4.30. The van der Waals surface area contributed by atoms with E-state index in [4.69, 9.17) is 10.5 Å². The van der Waals surface area contributed by atoms with Crippen molar-refractivity contribution in [2.75, 3.05) is 0 Å². The third-order valence-corrected chi connectivity index (χ3v) is 3.38. The first kappa shape index (κ1) is 13.5. The van der Waals surface area contributed by atoms with Gasteiger partial charge in [-0.3, -0.25) is 4.98 Å². The van der Waals surface area contributed by atoms with Gasteiger partial charge in [0, 0.05) is 35.3 Å². The highest BCUT2D eigenvalue weighted by Gasteiger charge is 2.05. The molecule has 1 heterocycles. The molecule has 0 spiro atoms. The number of para-hydroxylation sites is 1. The number of hydrogen-bond acceptors (Lipinski definition) is 3. The van der Waals surface area contributed by atoms with Crippen LogP contribution in [0.3, 0.4) is 0 Å². The summed E-state index contributed by atoms with van der Waals surface area (Å²) in [5.41, 5.74) is 7.86. The predicted octanol–water partition coefficient (Wildman–Crippen LogP) is 3.41. The van der Waals surface area contributed by atoms with Crippen molar-refractivity contribution in [3.63, 3.8) is 0 Å². The molecule has 0 aliphatic carbocycles. The quantitative estimate of drug-likeness (QED) is 0.797. The fourth-order valence-corrected chi connectivity index (χ4v) is 2.23. The van der Waals surface area contributed by atoms with E-state index in [1.807, 2.05) is 30.3 Å². The van der Waals surface area contributed by atoms with E-state index in [0.717, 1.165) is 16.5 Å². The maximum Gasteiger partial charge on any atom is 0.131 e. The van der Waals surface area contributed by atoms with E-state index in [0.29, 0.717) is 17.9 Å². The highest BCUT2D eigenvalue weighted by Crippen LogP contribution is 2.20. The van der Waals surface area contributed by atoms with Crippen LogP contribution in [0.1, 0.15) is 11.1 Å². The van der Waals surface area contributed by atoms with Gasteiger partial charge < -0.3 is 10.5 Å². The summed E-state index contributed by atoms with van der Waals surface area (Å²) in [6.07, 6.45) is 1.75. The molecular weight excluding hydrogens is 267 g/mol. The lowest BCUT2D eigenvalue weighted by Crippen LogP contribution is -2.01. The zero-order valence-corrected chi connectivity index (χ0v) is 11.4. The molecule has 106 valence electrons. The lowest BCUT2D eigenvalue weighted by atomic mass is 10.1. The van der Waals surface area contributed by atoms with E-state index < -0.39 is 0 Å². The molecule has 0 saturated heterocycles. The average molecular weight is 282 g/mol. The standard InChI is InChI=1S/C17H15FN2O/c18-16-9-14(6-5-12(16)10-19)21-11-13-7-8-20-17-4-2-1-3-15(13)17/h1-9H,10-11,19H2. The van der Waals surface area contributed by atoms with Crippen LogP contribution in [-0.4, -0.2) is 4.98 Å². The smallest absolute Gasteiger partial charge is 0.131 e. The Bertz CT molecular complexity index is 768. The van der Waals surface area contributed by atoms with Gasteiger partial charge in [-0.1, -0.05) is 24.3 Å². The summed E-state index contributed by atoms with van der Waals surface area (Å²) in [6, 6.07) is 14.5. The highest BCUT2D eigenvalue weighted by molar-refractivity contribution is 5.81. The average Bonchev–Trinajstić information content (AvgIpc) is 2.53. The van der Waals surface area contributed by atoms with Crippen molar-refractivity contribution in [2.45, 2.75) is 13.2 Å². The van der Waals surface area contributed by atoms with Crippen LogP contribution in [0, 0.1) is 5.82 Å². The van der Waals surface area contributed by atoms with Gasteiger partial charge in [-0.05, 0) is 18.2 Å². The summed E-state index contributed by atoms with van der Waals surface area (Å²) in [7, 11) is 0. The number of ether oxygens (including phenoxy) is 1. The first-order valence-corrected chi connectivity index (χ1v) is 6.72. The number of halogens is 1. The Morgan fingerprint density at radius 3 is 2.71 bits per heavy atom. The maximum absolute atomic E-state index is 13.7. The topological polar surface area (TPSA) is 48.1 Å². The zero-order valence-electron chi connectivity index (χ0n) is 11.4. The summed E-state index contributed by atoms with van der Waals surface area (Å²) >= 11 is 0. The molecule has 3 rings (SSSR count). The number of fused-ring (bicyclic) bond motifs is 1. The number of rotatable bonds is 4. The predicted molar refractivity (Wildman–Crippen MR) is 80.4 cm³/mol. The van der Waals surface area contributed by atoms with E-state index in [9.17, 15) is 4.39 Å². The van der Waals surface area contributed by atoms with Crippen LogP contribution in [0.4, 0.5) is 4.39 Å². The molecule has 0 fully saturated rings. The Kier molecular flexibility index (Phi) is 3.79. The fourth-order valence-electron chi connectivity index (χ4n) is 2.23. The highest BCUT2D eigenvalue weighted by atomic mass is 19.1. The largest absolute Gasteiger partial charge is 0.489 e. The first-order chi connectivity index (χ1) is 10.3. The molecule has 0 radical (unpaired) electrons. The van der Waals surface area contributed by atoms with Crippen LogP contribution in [-0.2, 0) is 13.2 Å². The van der Waals surface area contributed by atoms with Crippen LogP contribution >= 0.6 is 0 Å². The summed E-state index contributed by atoms with van der Waals surface area (Å²) < 4.78 is 19.3. The molecule has 4 heteroatoms. The minimum atomic E-state index is -0.338. The van der Waals surface area contributed by atoms with Crippen molar-refractivity contribution in [1.82, 2.24) is 4.98 Å². The molecule has 0 saturated carbocycles. The number of nitrogens with zero attached hydrogens (tertiary/aromatic N) is 1. The third kappa shape index (κ3) is 2.85. The van der Waals surface area contributed by atoms with Crippen molar-refractivity contribution in [1.29, 1.82) is 0 Å². The Balaban J connectivity index is 1.82. The molecule has 3 aromatic rings. The van der Waals surface area contributed by atoms with Gasteiger partial charge >= 0.3 is 0 Å². The van der Waals surface area contributed by atoms with Crippen molar-refractivity contribution in [2.24, 2.45) is 5.73 Å². The Morgan fingerprint density at radius 1 is 1.05 bits per heavy atom. The van der Waals surface area contributed by atoms with Gasteiger partial charge in [-0.15, -0.1) is 0 Å². The van der Waals surface area contributed by atoms with Gasteiger partial charge in [0.05, 0.1) is 5.52 Å². The van der Waals surface area contributed by atoms with Crippen LogP contribution in [0.5, 0.6) is 5.75 Å². The van der Waals surface area contributed by atoms with Gasteiger partial charge in [-0.25, -0.2) is 4.39 Å². The van der Waals surface area contributed by atoms with Crippen LogP contribution < -0.4 is 10.5 Å². The van der Waals surface area contributed by atoms with E-state index in [2.05, 4.69) is 4.98 Å². The lowest BCUT2D eigenvalue weighted by molar-refractivity contribution is 0.306. The molecular formula is C17H15FN2O.